The third kappa shape index (κ3) is 6.17. The monoisotopic (exact) mass is 485 g/mol. The molecule has 0 aliphatic rings. The highest BCUT2D eigenvalue weighted by molar-refractivity contribution is 5.94. The van der Waals surface area contributed by atoms with Crippen LogP contribution in [0.25, 0.3) is 5.69 Å². The summed E-state index contributed by atoms with van der Waals surface area (Å²) in [5.41, 5.74) is 6.37. The number of hydrogen-bond acceptors (Lipinski definition) is 6. The highest BCUT2D eigenvalue weighted by Gasteiger charge is 2.23. The number of carbonyl (C=O) groups excluding carboxylic acids is 1. The largest absolute Gasteiger partial charge is 0.383 e. The van der Waals surface area contributed by atoms with E-state index in [1.54, 1.807) is 30.0 Å². The quantitative estimate of drug-likeness (QED) is 0.427. The zero-order chi connectivity index (χ0) is 25.9. The van der Waals surface area contributed by atoms with Gasteiger partial charge in [0.05, 0.1) is 17.9 Å². The number of rotatable bonds is 9. The number of nitrogens with one attached hydrogen (secondary N) is 2. The number of aryl methyl sites for hydroxylation is 1. The molecule has 0 saturated heterocycles. The van der Waals surface area contributed by atoms with Gasteiger partial charge in [-0.1, -0.05) is 27.7 Å². The molecule has 10 nitrogen and oxygen atoms in total. The Labute approximate surface area is 202 Å². The van der Waals surface area contributed by atoms with Crippen LogP contribution in [0.1, 0.15) is 33.4 Å². The van der Waals surface area contributed by atoms with E-state index in [0.717, 1.165) is 0 Å². The molecular weight excluding hydrogens is 453 g/mol. The number of hydrogen-bond donors (Lipinski definition) is 3. The maximum atomic E-state index is 13.4. The zero-order valence-corrected chi connectivity index (χ0v) is 20.6. The van der Waals surface area contributed by atoms with Crippen molar-refractivity contribution in [2.75, 3.05) is 29.0 Å². The standard InChI is InChI=1S/C24H32FN7O3/c1-14(2)11-30(21-22(26)31(12-15(3)4)24(35)28-23(21)34)13-20(33)27-19-10-16(5)29-32(19)18-8-6-17(25)7-9-18/h6-10,14-15H,11-13,26H2,1-5H3,(H,27,33)(H,28,34,35). The average Bonchev–Trinajstić information content (AvgIpc) is 3.10. The van der Waals surface area contributed by atoms with Crippen molar-refractivity contribution in [1.29, 1.82) is 0 Å². The second kappa shape index (κ2) is 10.6. The third-order valence-electron chi connectivity index (χ3n) is 5.17. The van der Waals surface area contributed by atoms with Crippen LogP contribution in [0.15, 0.2) is 39.9 Å². The van der Waals surface area contributed by atoms with E-state index >= 15 is 0 Å². The van der Waals surface area contributed by atoms with Crippen molar-refractivity contribution in [3.05, 3.63) is 62.7 Å². The summed E-state index contributed by atoms with van der Waals surface area (Å²) in [7, 11) is 0. The molecule has 1 aromatic carbocycles. The predicted octanol–water partition coefficient (Wildman–Crippen LogP) is 2.51. The normalized spacial score (nSPS) is 11.3. The van der Waals surface area contributed by atoms with Gasteiger partial charge in [0.25, 0.3) is 5.56 Å². The predicted molar refractivity (Wildman–Crippen MR) is 135 cm³/mol. The second-order valence-electron chi connectivity index (χ2n) is 9.38. The minimum absolute atomic E-state index is 0.0214. The molecule has 0 bridgehead atoms. The molecule has 4 N–H and O–H groups in total. The topological polar surface area (TPSA) is 131 Å². The highest BCUT2D eigenvalue weighted by Crippen LogP contribution is 2.21. The molecule has 35 heavy (non-hydrogen) atoms. The van der Waals surface area contributed by atoms with Crippen LogP contribution in [0.3, 0.4) is 0 Å². The van der Waals surface area contributed by atoms with Crippen LogP contribution in [0, 0.1) is 24.6 Å². The van der Waals surface area contributed by atoms with E-state index in [9.17, 15) is 18.8 Å². The molecule has 2 aromatic heterocycles. The summed E-state index contributed by atoms with van der Waals surface area (Å²) in [5, 5.41) is 7.20. The SMILES string of the molecule is Cc1cc(NC(=O)CN(CC(C)C)c2c(N)n(CC(C)C)c(=O)[nH]c2=O)n(-c2ccc(F)cc2)n1. The number of H-pyrrole nitrogens is 1. The van der Waals surface area contributed by atoms with Crippen molar-refractivity contribution in [2.45, 2.75) is 41.2 Å². The number of amides is 1. The van der Waals surface area contributed by atoms with Gasteiger partial charge in [-0.2, -0.15) is 5.10 Å². The minimum Gasteiger partial charge on any atom is -0.383 e. The molecule has 0 radical (unpaired) electrons. The zero-order valence-electron chi connectivity index (χ0n) is 20.6. The molecule has 0 aliphatic heterocycles. The summed E-state index contributed by atoms with van der Waals surface area (Å²) in [5.74, 6) is -0.156. The molecular formula is C24H32FN7O3. The molecule has 11 heteroatoms. The van der Waals surface area contributed by atoms with Gasteiger partial charge in [0.15, 0.2) is 0 Å². The summed E-state index contributed by atoms with van der Waals surface area (Å²) in [6, 6.07) is 7.42. The molecule has 0 atom stereocenters. The second-order valence-corrected chi connectivity index (χ2v) is 9.38. The lowest BCUT2D eigenvalue weighted by molar-refractivity contribution is -0.115. The maximum Gasteiger partial charge on any atom is 0.330 e. The van der Waals surface area contributed by atoms with E-state index in [4.69, 9.17) is 5.73 Å². The fourth-order valence-corrected chi connectivity index (χ4v) is 3.83. The number of benzene rings is 1. The van der Waals surface area contributed by atoms with Crippen molar-refractivity contribution in [3.8, 4) is 5.69 Å². The first-order chi connectivity index (χ1) is 16.5. The minimum atomic E-state index is -0.645. The Hall–Kier alpha value is -3.89. The van der Waals surface area contributed by atoms with Gasteiger partial charge < -0.3 is 16.0 Å². The highest BCUT2D eigenvalue weighted by atomic mass is 19.1. The Bertz CT molecular complexity index is 1310. The van der Waals surface area contributed by atoms with Crippen LogP contribution in [0.5, 0.6) is 0 Å². The number of halogens is 1. The van der Waals surface area contributed by atoms with Gasteiger partial charge in [-0.15, -0.1) is 0 Å². The molecule has 0 fully saturated rings. The van der Waals surface area contributed by atoms with Gasteiger partial charge in [0.1, 0.15) is 23.1 Å². The van der Waals surface area contributed by atoms with Gasteiger partial charge in [0.2, 0.25) is 5.91 Å². The van der Waals surface area contributed by atoms with Crippen LogP contribution in [-0.4, -0.2) is 38.3 Å². The van der Waals surface area contributed by atoms with Crippen molar-refractivity contribution in [3.63, 3.8) is 0 Å². The van der Waals surface area contributed by atoms with Crippen molar-refractivity contribution >= 4 is 23.2 Å². The summed E-state index contributed by atoms with van der Waals surface area (Å²) in [6.07, 6.45) is 0. The van der Waals surface area contributed by atoms with Crippen molar-refractivity contribution in [1.82, 2.24) is 19.3 Å². The number of aromatic amines is 1. The molecule has 188 valence electrons. The molecule has 3 aromatic rings. The van der Waals surface area contributed by atoms with Crippen LogP contribution < -0.4 is 27.2 Å². The summed E-state index contributed by atoms with van der Waals surface area (Å²) >= 11 is 0. The molecule has 3 rings (SSSR count). The molecule has 0 aliphatic carbocycles. The number of carbonyl (C=O) groups is 1. The summed E-state index contributed by atoms with van der Waals surface area (Å²) in [6.45, 7) is 10.0. The molecule has 2 heterocycles. The van der Waals surface area contributed by atoms with Crippen molar-refractivity contribution < 1.29 is 9.18 Å². The first-order valence-electron chi connectivity index (χ1n) is 11.5. The van der Waals surface area contributed by atoms with Crippen LogP contribution in [0.4, 0.5) is 21.7 Å². The number of nitrogens with two attached hydrogens (primary N) is 1. The fraction of sp³-hybridized carbons (Fsp3) is 0.417. The van der Waals surface area contributed by atoms with Crippen LogP contribution >= 0.6 is 0 Å². The molecule has 0 unspecified atom stereocenters. The Morgan fingerprint density at radius 1 is 1.17 bits per heavy atom. The number of anilines is 3. The average molecular weight is 486 g/mol. The Morgan fingerprint density at radius 3 is 2.43 bits per heavy atom. The molecule has 0 spiro atoms. The fourth-order valence-electron chi connectivity index (χ4n) is 3.83. The van der Waals surface area contributed by atoms with Gasteiger partial charge in [-0.25, -0.2) is 13.9 Å². The van der Waals surface area contributed by atoms with E-state index in [1.165, 1.54) is 21.4 Å². The Morgan fingerprint density at radius 2 is 1.83 bits per heavy atom. The maximum absolute atomic E-state index is 13.4. The lowest BCUT2D eigenvalue weighted by atomic mass is 10.2. The first kappa shape index (κ1) is 25.7. The summed E-state index contributed by atoms with van der Waals surface area (Å²) < 4.78 is 16.2. The lowest BCUT2D eigenvalue weighted by Crippen LogP contribution is -2.43. The van der Waals surface area contributed by atoms with Gasteiger partial charge in [-0.3, -0.25) is 19.1 Å². The van der Waals surface area contributed by atoms with E-state index < -0.39 is 17.2 Å². The molecule has 0 saturated carbocycles. The smallest absolute Gasteiger partial charge is 0.330 e. The van der Waals surface area contributed by atoms with E-state index in [1.807, 2.05) is 27.7 Å². The van der Waals surface area contributed by atoms with Gasteiger partial charge in [-0.05, 0) is 43.0 Å². The van der Waals surface area contributed by atoms with Crippen LogP contribution in [0.2, 0.25) is 0 Å². The summed E-state index contributed by atoms with van der Waals surface area (Å²) in [4.78, 5) is 42.1. The third-order valence-corrected chi connectivity index (χ3v) is 5.17. The van der Waals surface area contributed by atoms with Gasteiger partial charge in [0, 0.05) is 19.2 Å². The Kier molecular flexibility index (Phi) is 7.78. The van der Waals surface area contributed by atoms with Crippen molar-refractivity contribution in [2.24, 2.45) is 11.8 Å². The Balaban J connectivity index is 1.93. The van der Waals surface area contributed by atoms with Gasteiger partial charge >= 0.3 is 5.69 Å². The number of nitrogens with zero attached hydrogens (tertiary/aromatic N) is 4. The van der Waals surface area contributed by atoms with E-state index in [0.29, 0.717) is 30.3 Å². The van der Waals surface area contributed by atoms with Crippen LogP contribution in [-0.2, 0) is 11.3 Å². The van der Waals surface area contributed by atoms with E-state index in [2.05, 4.69) is 15.4 Å². The molecule has 1 amide bonds. The lowest BCUT2D eigenvalue weighted by Gasteiger charge is -2.27. The first-order valence-corrected chi connectivity index (χ1v) is 11.5. The van der Waals surface area contributed by atoms with E-state index in [-0.39, 0.29) is 35.7 Å². The number of aromatic nitrogens is 4. The number of nitrogen functional groups attached to an aromatic ring is 1.